The zero-order valence-electron chi connectivity index (χ0n) is 12.0. The van der Waals surface area contributed by atoms with Gasteiger partial charge in [0.15, 0.2) is 5.69 Å². The van der Waals surface area contributed by atoms with Gasteiger partial charge in [0.1, 0.15) is 5.76 Å². The molecule has 6 heteroatoms. The average molecular weight is 286 g/mol. The highest BCUT2D eigenvalue weighted by molar-refractivity contribution is 5.92. The molecule has 0 unspecified atom stereocenters. The van der Waals surface area contributed by atoms with E-state index in [-0.39, 0.29) is 11.8 Å². The van der Waals surface area contributed by atoms with Gasteiger partial charge in [-0.3, -0.25) is 14.8 Å². The summed E-state index contributed by atoms with van der Waals surface area (Å²) in [5.74, 6) is 0.918. The second-order valence-electron chi connectivity index (χ2n) is 5.25. The molecule has 1 saturated heterocycles. The van der Waals surface area contributed by atoms with Crippen molar-refractivity contribution in [3.8, 4) is 0 Å². The SMILES string of the molecule is CCc1cc(C(=O)N2CCC[C@H](c3cnccn3)C2)no1. The largest absolute Gasteiger partial charge is 0.361 e. The first-order valence-corrected chi connectivity index (χ1v) is 7.28. The Kier molecular flexibility index (Phi) is 3.94. The van der Waals surface area contributed by atoms with Crippen LogP contribution in [0, 0.1) is 0 Å². The zero-order valence-corrected chi connectivity index (χ0v) is 12.0. The van der Waals surface area contributed by atoms with Crippen LogP contribution in [0.5, 0.6) is 0 Å². The molecule has 0 radical (unpaired) electrons. The van der Waals surface area contributed by atoms with Gasteiger partial charge in [-0.25, -0.2) is 0 Å². The van der Waals surface area contributed by atoms with E-state index in [0.717, 1.165) is 37.3 Å². The first-order chi connectivity index (χ1) is 10.3. The van der Waals surface area contributed by atoms with Gasteiger partial charge in [-0.2, -0.15) is 0 Å². The fraction of sp³-hybridized carbons (Fsp3) is 0.467. The van der Waals surface area contributed by atoms with Crippen molar-refractivity contribution in [3.05, 3.63) is 41.8 Å². The summed E-state index contributed by atoms with van der Waals surface area (Å²) in [6, 6.07) is 1.73. The van der Waals surface area contributed by atoms with E-state index in [0.29, 0.717) is 12.2 Å². The van der Waals surface area contributed by atoms with Gasteiger partial charge in [0.05, 0.1) is 5.69 Å². The van der Waals surface area contributed by atoms with Crippen molar-refractivity contribution >= 4 is 5.91 Å². The van der Waals surface area contributed by atoms with Crippen molar-refractivity contribution in [2.75, 3.05) is 13.1 Å². The van der Waals surface area contributed by atoms with Crippen molar-refractivity contribution in [1.29, 1.82) is 0 Å². The second kappa shape index (κ2) is 6.03. The monoisotopic (exact) mass is 286 g/mol. The molecule has 1 atom stereocenters. The molecule has 3 heterocycles. The molecule has 0 aromatic carbocycles. The summed E-state index contributed by atoms with van der Waals surface area (Å²) in [5, 5.41) is 3.87. The minimum absolute atomic E-state index is 0.0629. The molecule has 0 N–H and O–H groups in total. The molecular formula is C15H18N4O2. The van der Waals surface area contributed by atoms with Gasteiger partial charge in [0.25, 0.3) is 5.91 Å². The maximum absolute atomic E-state index is 12.5. The van der Waals surface area contributed by atoms with Crippen molar-refractivity contribution < 1.29 is 9.32 Å². The standard InChI is InChI=1S/C15H18N4O2/c1-2-12-8-13(18-21-12)15(20)19-7-3-4-11(10-19)14-9-16-5-6-17-14/h5-6,8-9,11H,2-4,7,10H2,1H3/t11-/m0/s1. The van der Waals surface area contributed by atoms with Gasteiger partial charge >= 0.3 is 0 Å². The van der Waals surface area contributed by atoms with E-state index in [2.05, 4.69) is 15.1 Å². The fourth-order valence-corrected chi connectivity index (χ4v) is 2.67. The third-order valence-corrected chi connectivity index (χ3v) is 3.84. The van der Waals surface area contributed by atoms with Crippen LogP contribution in [-0.4, -0.2) is 39.0 Å². The lowest BCUT2D eigenvalue weighted by molar-refractivity contribution is 0.0695. The highest BCUT2D eigenvalue weighted by atomic mass is 16.5. The van der Waals surface area contributed by atoms with Crippen LogP contribution < -0.4 is 0 Å². The number of likely N-dealkylation sites (tertiary alicyclic amines) is 1. The molecule has 1 fully saturated rings. The summed E-state index contributed by atoms with van der Waals surface area (Å²) < 4.78 is 5.12. The van der Waals surface area contributed by atoms with E-state index in [1.165, 1.54) is 0 Å². The maximum Gasteiger partial charge on any atom is 0.276 e. The summed E-state index contributed by atoms with van der Waals surface area (Å²) >= 11 is 0. The van der Waals surface area contributed by atoms with Gasteiger partial charge in [-0.15, -0.1) is 0 Å². The second-order valence-corrected chi connectivity index (χ2v) is 5.25. The van der Waals surface area contributed by atoms with Crippen molar-refractivity contribution in [2.45, 2.75) is 32.1 Å². The zero-order chi connectivity index (χ0) is 14.7. The maximum atomic E-state index is 12.5. The molecule has 2 aromatic rings. The Morgan fingerprint density at radius 2 is 2.38 bits per heavy atom. The molecule has 0 saturated carbocycles. The smallest absolute Gasteiger partial charge is 0.276 e. The summed E-state index contributed by atoms with van der Waals surface area (Å²) in [6.45, 7) is 3.38. The third kappa shape index (κ3) is 2.94. The van der Waals surface area contributed by atoms with Gasteiger partial charge < -0.3 is 9.42 Å². The summed E-state index contributed by atoms with van der Waals surface area (Å²) in [4.78, 5) is 22.8. The Bertz CT molecular complexity index is 611. The minimum Gasteiger partial charge on any atom is -0.361 e. The van der Waals surface area contributed by atoms with Crippen LogP contribution in [0.3, 0.4) is 0 Å². The molecule has 3 rings (SSSR count). The number of aromatic nitrogens is 3. The number of nitrogens with zero attached hydrogens (tertiary/aromatic N) is 4. The average Bonchev–Trinajstić information content (AvgIpc) is 3.04. The quantitative estimate of drug-likeness (QED) is 0.863. The van der Waals surface area contributed by atoms with Crippen molar-refractivity contribution in [3.63, 3.8) is 0 Å². The number of hydrogen-bond donors (Lipinski definition) is 0. The molecular weight excluding hydrogens is 268 g/mol. The number of hydrogen-bond acceptors (Lipinski definition) is 5. The number of carbonyl (C=O) groups excluding carboxylic acids is 1. The number of rotatable bonds is 3. The van der Waals surface area contributed by atoms with Crippen LogP contribution in [0.15, 0.2) is 29.2 Å². The predicted molar refractivity (Wildman–Crippen MR) is 75.8 cm³/mol. The molecule has 0 aliphatic carbocycles. The highest BCUT2D eigenvalue weighted by Gasteiger charge is 2.27. The van der Waals surface area contributed by atoms with Gasteiger partial charge in [0.2, 0.25) is 0 Å². The Labute approximate surface area is 123 Å². The van der Waals surface area contributed by atoms with Gasteiger partial charge in [-0.05, 0) is 12.8 Å². The van der Waals surface area contributed by atoms with Gasteiger partial charge in [-0.1, -0.05) is 12.1 Å². The van der Waals surface area contributed by atoms with E-state index in [1.807, 2.05) is 11.8 Å². The molecule has 1 aliphatic rings. The topological polar surface area (TPSA) is 72.1 Å². The molecule has 21 heavy (non-hydrogen) atoms. The first-order valence-electron chi connectivity index (χ1n) is 7.28. The molecule has 2 aromatic heterocycles. The van der Waals surface area contributed by atoms with Crippen LogP contribution in [0.1, 0.15) is 47.6 Å². The normalized spacial score (nSPS) is 18.7. The number of carbonyl (C=O) groups is 1. The molecule has 0 spiro atoms. The van der Waals surface area contributed by atoms with Crippen LogP contribution in [0.2, 0.25) is 0 Å². The lowest BCUT2D eigenvalue weighted by Gasteiger charge is -2.31. The van der Waals surface area contributed by atoms with E-state index in [1.54, 1.807) is 24.7 Å². The lowest BCUT2D eigenvalue weighted by atomic mass is 9.95. The van der Waals surface area contributed by atoms with Crippen LogP contribution >= 0.6 is 0 Å². The van der Waals surface area contributed by atoms with E-state index in [9.17, 15) is 4.79 Å². The lowest BCUT2D eigenvalue weighted by Crippen LogP contribution is -2.39. The minimum atomic E-state index is -0.0629. The van der Waals surface area contributed by atoms with Crippen LogP contribution in [-0.2, 0) is 6.42 Å². The molecule has 0 bridgehead atoms. The molecule has 6 nitrogen and oxygen atoms in total. The Morgan fingerprint density at radius 3 is 3.10 bits per heavy atom. The van der Waals surface area contributed by atoms with E-state index >= 15 is 0 Å². The Hall–Kier alpha value is -2.24. The fourth-order valence-electron chi connectivity index (χ4n) is 2.67. The Morgan fingerprint density at radius 1 is 1.48 bits per heavy atom. The summed E-state index contributed by atoms with van der Waals surface area (Å²) in [7, 11) is 0. The number of piperidine rings is 1. The predicted octanol–water partition coefficient (Wildman–Crippen LogP) is 2.05. The Balaban J connectivity index is 1.72. The van der Waals surface area contributed by atoms with Crippen LogP contribution in [0.4, 0.5) is 0 Å². The third-order valence-electron chi connectivity index (χ3n) is 3.84. The first kappa shape index (κ1) is 13.7. The van der Waals surface area contributed by atoms with Gasteiger partial charge in [0, 0.05) is 50.1 Å². The highest BCUT2D eigenvalue weighted by Crippen LogP contribution is 2.25. The van der Waals surface area contributed by atoms with E-state index in [4.69, 9.17) is 4.52 Å². The van der Waals surface area contributed by atoms with Crippen molar-refractivity contribution in [1.82, 2.24) is 20.0 Å². The van der Waals surface area contributed by atoms with E-state index < -0.39 is 0 Å². The molecule has 110 valence electrons. The molecule has 1 amide bonds. The number of amides is 1. The molecule has 1 aliphatic heterocycles. The van der Waals surface area contributed by atoms with Crippen molar-refractivity contribution in [2.24, 2.45) is 0 Å². The summed E-state index contributed by atoms with van der Waals surface area (Å²) in [5.41, 5.74) is 1.34. The van der Waals surface area contributed by atoms with Crippen LogP contribution in [0.25, 0.3) is 0 Å². The number of aryl methyl sites for hydroxylation is 1. The summed E-state index contributed by atoms with van der Waals surface area (Å²) in [6.07, 6.45) is 7.87.